The van der Waals surface area contributed by atoms with Crippen molar-refractivity contribution in [1.29, 1.82) is 5.26 Å². The van der Waals surface area contributed by atoms with Gasteiger partial charge in [0.1, 0.15) is 23.5 Å². The summed E-state index contributed by atoms with van der Waals surface area (Å²) < 4.78 is 46.4. The molecule has 30 heavy (non-hydrogen) atoms. The molecule has 152 valence electrons. The molecular formula is C23H17F3N2OS. The van der Waals surface area contributed by atoms with E-state index in [2.05, 4.69) is 11.6 Å². The van der Waals surface area contributed by atoms with Crippen molar-refractivity contribution in [3.63, 3.8) is 0 Å². The van der Waals surface area contributed by atoms with E-state index in [-0.39, 0.29) is 10.7 Å². The predicted molar refractivity (Wildman–Crippen MR) is 111 cm³/mol. The number of halogens is 3. The van der Waals surface area contributed by atoms with E-state index < -0.39 is 17.3 Å². The van der Waals surface area contributed by atoms with E-state index >= 15 is 0 Å². The molecule has 0 saturated carbocycles. The standard InChI is InChI=1S/C23H17F3N2OS/c1-2-12-29-18-10-8-17(9-11-18)21-13-20(23(24,25)26)19(14-27)22(28-21)30-15-16-6-4-3-5-7-16/h2-11,13H,1,12,15H2. The van der Waals surface area contributed by atoms with Crippen LogP contribution in [0.25, 0.3) is 11.3 Å². The number of benzene rings is 2. The van der Waals surface area contributed by atoms with E-state index in [0.29, 0.717) is 23.7 Å². The van der Waals surface area contributed by atoms with Crippen LogP contribution < -0.4 is 4.74 Å². The number of aromatic nitrogens is 1. The van der Waals surface area contributed by atoms with Crippen LogP contribution in [0.15, 0.2) is 78.3 Å². The molecule has 0 spiro atoms. The third-order valence-corrected chi connectivity index (χ3v) is 5.19. The number of rotatable bonds is 7. The third-order valence-electron chi connectivity index (χ3n) is 4.14. The number of thioether (sulfide) groups is 1. The molecule has 1 aromatic heterocycles. The zero-order valence-corrected chi connectivity index (χ0v) is 16.6. The van der Waals surface area contributed by atoms with Crippen LogP contribution >= 0.6 is 11.8 Å². The highest BCUT2D eigenvalue weighted by molar-refractivity contribution is 7.98. The molecule has 1 heterocycles. The fourth-order valence-corrected chi connectivity index (χ4v) is 3.67. The number of nitrogens with zero attached hydrogens (tertiary/aromatic N) is 2. The molecule has 0 radical (unpaired) electrons. The minimum absolute atomic E-state index is 0.0539. The van der Waals surface area contributed by atoms with Gasteiger partial charge in [0.25, 0.3) is 0 Å². The number of ether oxygens (including phenoxy) is 1. The van der Waals surface area contributed by atoms with Gasteiger partial charge >= 0.3 is 6.18 Å². The summed E-state index contributed by atoms with van der Waals surface area (Å²) in [5.74, 6) is 0.972. The number of alkyl halides is 3. The summed E-state index contributed by atoms with van der Waals surface area (Å²) in [6.45, 7) is 3.90. The molecule has 2 aromatic carbocycles. The molecular weight excluding hydrogens is 409 g/mol. The Morgan fingerprint density at radius 2 is 1.80 bits per heavy atom. The zero-order valence-electron chi connectivity index (χ0n) is 15.8. The number of pyridine rings is 1. The highest BCUT2D eigenvalue weighted by atomic mass is 32.2. The van der Waals surface area contributed by atoms with E-state index in [9.17, 15) is 18.4 Å². The maximum Gasteiger partial charge on any atom is 0.417 e. The van der Waals surface area contributed by atoms with Crippen molar-refractivity contribution < 1.29 is 17.9 Å². The summed E-state index contributed by atoms with van der Waals surface area (Å²) in [5.41, 5.74) is 0.121. The first-order valence-corrected chi connectivity index (χ1v) is 9.94. The van der Waals surface area contributed by atoms with Gasteiger partial charge in [-0.15, -0.1) is 11.8 Å². The van der Waals surface area contributed by atoms with Crippen LogP contribution in [-0.4, -0.2) is 11.6 Å². The average molecular weight is 426 g/mol. The first-order valence-electron chi connectivity index (χ1n) is 8.95. The van der Waals surface area contributed by atoms with Gasteiger partial charge in [0.2, 0.25) is 0 Å². The molecule has 0 aliphatic rings. The van der Waals surface area contributed by atoms with Gasteiger partial charge in [0.05, 0.1) is 16.8 Å². The lowest BCUT2D eigenvalue weighted by Gasteiger charge is -2.14. The van der Waals surface area contributed by atoms with Crippen molar-refractivity contribution in [3.05, 3.63) is 90.0 Å². The van der Waals surface area contributed by atoms with Crippen LogP contribution in [0, 0.1) is 11.3 Å². The molecule has 0 fully saturated rings. The second-order valence-electron chi connectivity index (χ2n) is 6.24. The van der Waals surface area contributed by atoms with Crippen LogP contribution in [0.2, 0.25) is 0 Å². The van der Waals surface area contributed by atoms with Gasteiger partial charge in [-0.25, -0.2) is 4.98 Å². The van der Waals surface area contributed by atoms with Crippen molar-refractivity contribution in [2.75, 3.05) is 6.61 Å². The van der Waals surface area contributed by atoms with E-state index in [4.69, 9.17) is 4.74 Å². The predicted octanol–water partition coefficient (Wildman–Crippen LogP) is 6.50. The van der Waals surface area contributed by atoms with Crippen molar-refractivity contribution in [1.82, 2.24) is 4.98 Å². The summed E-state index contributed by atoms with van der Waals surface area (Å²) in [5, 5.41) is 9.47. The SMILES string of the molecule is C=CCOc1ccc(-c2cc(C(F)(F)F)c(C#N)c(SCc3ccccc3)n2)cc1. The normalized spacial score (nSPS) is 11.0. The summed E-state index contributed by atoms with van der Waals surface area (Å²) in [7, 11) is 0. The Morgan fingerprint density at radius 3 is 2.40 bits per heavy atom. The Balaban J connectivity index is 2.00. The van der Waals surface area contributed by atoms with Crippen LogP contribution in [0.3, 0.4) is 0 Å². The van der Waals surface area contributed by atoms with E-state index in [1.165, 1.54) is 0 Å². The van der Waals surface area contributed by atoms with Crippen LogP contribution in [0.4, 0.5) is 13.2 Å². The second-order valence-corrected chi connectivity index (χ2v) is 7.21. The molecule has 0 atom stereocenters. The highest BCUT2D eigenvalue weighted by Crippen LogP contribution is 2.38. The summed E-state index contributed by atoms with van der Waals surface area (Å²) in [4.78, 5) is 4.38. The largest absolute Gasteiger partial charge is 0.490 e. The first-order chi connectivity index (χ1) is 14.4. The molecule has 7 heteroatoms. The molecule has 0 aliphatic carbocycles. The van der Waals surface area contributed by atoms with Crippen LogP contribution in [0.5, 0.6) is 5.75 Å². The number of hydrogen-bond acceptors (Lipinski definition) is 4. The fraction of sp³-hybridized carbons (Fsp3) is 0.130. The molecule has 3 aromatic rings. The van der Waals surface area contributed by atoms with Crippen molar-refractivity contribution >= 4 is 11.8 Å². The Morgan fingerprint density at radius 1 is 1.10 bits per heavy atom. The Kier molecular flexibility index (Phi) is 6.80. The summed E-state index contributed by atoms with van der Waals surface area (Å²) in [6.07, 6.45) is -3.07. The van der Waals surface area contributed by atoms with Gasteiger partial charge in [-0.3, -0.25) is 0 Å². The minimum atomic E-state index is -4.67. The zero-order chi connectivity index (χ0) is 21.6. The minimum Gasteiger partial charge on any atom is -0.490 e. The van der Waals surface area contributed by atoms with Crippen molar-refractivity contribution in [2.45, 2.75) is 17.0 Å². The lowest BCUT2D eigenvalue weighted by molar-refractivity contribution is -0.138. The Hall–Kier alpha value is -3.24. The topological polar surface area (TPSA) is 45.9 Å². The molecule has 0 unspecified atom stereocenters. The van der Waals surface area contributed by atoms with Crippen molar-refractivity contribution in [3.8, 4) is 23.1 Å². The average Bonchev–Trinajstić information content (AvgIpc) is 2.76. The second kappa shape index (κ2) is 9.51. The summed E-state index contributed by atoms with van der Waals surface area (Å²) in [6, 6.07) is 18.5. The maximum absolute atomic E-state index is 13.7. The molecule has 0 amide bonds. The van der Waals surface area contributed by atoms with Gasteiger partial charge in [-0.05, 0) is 35.9 Å². The van der Waals surface area contributed by atoms with Gasteiger partial charge in [0, 0.05) is 11.3 Å². The summed E-state index contributed by atoms with van der Waals surface area (Å²) >= 11 is 1.11. The number of hydrogen-bond donors (Lipinski definition) is 0. The fourth-order valence-electron chi connectivity index (χ4n) is 2.71. The van der Waals surface area contributed by atoms with Gasteiger partial charge in [-0.1, -0.05) is 43.0 Å². The van der Waals surface area contributed by atoms with E-state index in [1.807, 2.05) is 30.3 Å². The monoisotopic (exact) mass is 426 g/mol. The highest BCUT2D eigenvalue weighted by Gasteiger charge is 2.36. The maximum atomic E-state index is 13.7. The Bertz CT molecular complexity index is 1060. The first kappa shape index (κ1) is 21.5. The van der Waals surface area contributed by atoms with Crippen LogP contribution in [-0.2, 0) is 11.9 Å². The Labute approximate surface area is 176 Å². The quantitative estimate of drug-likeness (QED) is 0.320. The number of nitriles is 1. The van der Waals surface area contributed by atoms with E-state index in [1.54, 1.807) is 36.4 Å². The van der Waals surface area contributed by atoms with E-state index in [0.717, 1.165) is 23.4 Å². The lowest BCUT2D eigenvalue weighted by atomic mass is 10.1. The molecule has 0 saturated heterocycles. The molecule has 0 bridgehead atoms. The lowest BCUT2D eigenvalue weighted by Crippen LogP contribution is -2.10. The molecule has 3 rings (SSSR count). The van der Waals surface area contributed by atoms with Gasteiger partial charge in [-0.2, -0.15) is 18.4 Å². The third kappa shape index (κ3) is 5.22. The molecule has 3 nitrogen and oxygen atoms in total. The molecule has 0 aliphatic heterocycles. The van der Waals surface area contributed by atoms with Crippen LogP contribution in [0.1, 0.15) is 16.7 Å². The van der Waals surface area contributed by atoms with Gasteiger partial charge < -0.3 is 4.74 Å². The van der Waals surface area contributed by atoms with Crippen molar-refractivity contribution in [2.24, 2.45) is 0 Å². The van der Waals surface area contributed by atoms with Gasteiger partial charge in [0.15, 0.2) is 0 Å². The smallest absolute Gasteiger partial charge is 0.417 e. The molecule has 0 N–H and O–H groups in total.